The summed E-state index contributed by atoms with van der Waals surface area (Å²) in [5, 5.41) is 14.1. The molecule has 5 nitrogen and oxygen atoms in total. The second kappa shape index (κ2) is 10.5. The van der Waals surface area contributed by atoms with E-state index in [1.54, 1.807) is 0 Å². The third-order valence-electron chi connectivity index (χ3n) is 10.5. The minimum atomic E-state index is 0.390. The van der Waals surface area contributed by atoms with Crippen LogP contribution < -0.4 is 5.32 Å². The van der Waals surface area contributed by atoms with Crippen LogP contribution in [-0.2, 0) is 0 Å². The van der Waals surface area contributed by atoms with Crippen molar-refractivity contribution in [2.24, 2.45) is 16.8 Å². The normalized spacial score (nSPS) is 27.2. The maximum Gasteiger partial charge on any atom is 0.102 e. The van der Waals surface area contributed by atoms with Gasteiger partial charge in [0.25, 0.3) is 0 Å². The van der Waals surface area contributed by atoms with Crippen molar-refractivity contribution in [2.45, 2.75) is 95.4 Å². The molecule has 0 amide bonds. The van der Waals surface area contributed by atoms with E-state index in [1.165, 1.54) is 85.6 Å². The molecule has 202 valence electrons. The predicted molar refractivity (Wildman–Crippen MR) is 159 cm³/mol. The molecule has 2 aliphatic carbocycles. The van der Waals surface area contributed by atoms with Crippen LogP contribution >= 0.6 is 0 Å². The summed E-state index contributed by atoms with van der Waals surface area (Å²) in [6.45, 7) is 4.55. The van der Waals surface area contributed by atoms with Gasteiger partial charge in [0, 0.05) is 12.3 Å². The number of nitrogens with zero attached hydrogens (tertiary/aromatic N) is 4. The number of hydrogen-bond donors (Lipinski definition) is 1. The largest absolute Gasteiger partial charge is 0.327 e. The molecule has 0 radical (unpaired) electrons. The highest BCUT2D eigenvalue weighted by Gasteiger charge is 2.35. The van der Waals surface area contributed by atoms with E-state index in [9.17, 15) is 5.26 Å². The first-order valence-corrected chi connectivity index (χ1v) is 15.6. The van der Waals surface area contributed by atoms with Gasteiger partial charge in [0.15, 0.2) is 0 Å². The van der Waals surface area contributed by atoms with Crippen molar-refractivity contribution in [2.75, 3.05) is 13.1 Å². The molecular weight excluding hydrogens is 478 g/mol. The summed E-state index contributed by atoms with van der Waals surface area (Å²) in [7, 11) is 0. The lowest BCUT2D eigenvalue weighted by Gasteiger charge is -2.28. The lowest BCUT2D eigenvalue weighted by atomic mass is 9.77. The Morgan fingerprint density at radius 2 is 1.90 bits per heavy atom. The average molecular weight is 520 g/mol. The van der Waals surface area contributed by atoms with Crippen LogP contribution in [0.3, 0.4) is 0 Å². The molecule has 7 rings (SSSR count). The summed E-state index contributed by atoms with van der Waals surface area (Å²) in [5.74, 6) is 2.32. The van der Waals surface area contributed by atoms with Gasteiger partial charge in [-0.25, -0.2) is 4.98 Å². The second-order valence-corrected chi connectivity index (χ2v) is 12.6. The van der Waals surface area contributed by atoms with Gasteiger partial charge in [-0.05, 0) is 122 Å². The van der Waals surface area contributed by atoms with Crippen LogP contribution in [0, 0.1) is 23.2 Å². The van der Waals surface area contributed by atoms with E-state index in [2.05, 4.69) is 59.7 Å². The number of imidazole rings is 1. The summed E-state index contributed by atoms with van der Waals surface area (Å²) < 4.78 is 2.43. The van der Waals surface area contributed by atoms with E-state index in [0.29, 0.717) is 17.9 Å². The Bertz CT molecular complexity index is 1440. The zero-order valence-corrected chi connectivity index (χ0v) is 23.3. The number of aliphatic imine (C=N–C) groups is 1. The van der Waals surface area contributed by atoms with Crippen LogP contribution in [0.15, 0.2) is 35.6 Å². The number of fused-ring (bicyclic) bond motifs is 3. The maximum atomic E-state index is 10.5. The van der Waals surface area contributed by atoms with Gasteiger partial charge >= 0.3 is 0 Å². The first kappa shape index (κ1) is 25.0. The summed E-state index contributed by atoms with van der Waals surface area (Å²) in [6, 6.07) is 12.5. The quantitative estimate of drug-likeness (QED) is 0.378. The molecular formula is C34H41N5. The van der Waals surface area contributed by atoms with E-state index < -0.39 is 0 Å². The van der Waals surface area contributed by atoms with Gasteiger partial charge in [0.05, 0.1) is 28.6 Å². The molecule has 3 heterocycles. The molecule has 5 heteroatoms. The SMILES string of the molecule is CCC1CC=Nc2c(C#N)c(C3CCCC4CNCC4C3)cc(-c3ccc4c(c3)ncn4C3CCCCC3)c21. The first-order valence-electron chi connectivity index (χ1n) is 15.6. The number of nitrogens with one attached hydrogen (secondary N) is 1. The Hall–Kier alpha value is -2.97. The van der Waals surface area contributed by atoms with Gasteiger partial charge in [-0.15, -0.1) is 0 Å². The van der Waals surface area contributed by atoms with Crippen molar-refractivity contribution in [3.63, 3.8) is 0 Å². The highest BCUT2D eigenvalue weighted by atomic mass is 15.1. The molecule has 39 heavy (non-hydrogen) atoms. The lowest BCUT2D eigenvalue weighted by Crippen LogP contribution is -2.15. The standard InChI is InChI=1S/C34H41N5/c1-2-22-13-14-37-34-30(18-35)28(23-7-6-8-25-19-36-20-26(25)15-23)17-29(33(22)34)24-11-12-32-31(16-24)38-21-39(32)27-9-4-3-5-10-27/h11-12,14,16-17,21-23,25-27,36H,2-10,13,15,19-20H2,1H3. The Morgan fingerprint density at radius 3 is 2.74 bits per heavy atom. The van der Waals surface area contributed by atoms with Crippen LogP contribution in [0.25, 0.3) is 22.2 Å². The summed E-state index contributed by atoms with van der Waals surface area (Å²) >= 11 is 0. The molecule has 4 atom stereocenters. The van der Waals surface area contributed by atoms with Crippen LogP contribution in [0.2, 0.25) is 0 Å². The van der Waals surface area contributed by atoms with Gasteiger partial charge < -0.3 is 9.88 Å². The molecule has 2 aromatic carbocycles. The second-order valence-electron chi connectivity index (χ2n) is 12.6. The van der Waals surface area contributed by atoms with Gasteiger partial charge in [-0.2, -0.15) is 5.26 Å². The molecule has 0 bridgehead atoms. The van der Waals surface area contributed by atoms with Crippen molar-refractivity contribution in [3.8, 4) is 17.2 Å². The van der Waals surface area contributed by atoms with Crippen molar-refractivity contribution in [3.05, 3.63) is 47.3 Å². The Kier molecular flexibility index (Phi) is 6.77. The number of hydrogen-bond acceptors (Lipinski definition) is 4. The zero-order valence-electron chi connectivity index (χ0n) is 23.3. The molecule has 4 unspecified atom stereocenters. The van der Waals surface area contributed by atoms with E-state index in [4.69, 9.17) is 9.98 Å². The van der Waals surface area contributed by atoms with E-state index in [-0.39, 0.29) is 0 Å². The Balaban J connectivity index is 1.36. The number of aromatic nitrogens is 2. The molecule has 2 aliphatic heterocycles. The smallest absolute Gasteiger partial charge is 0.102 e. The first-order chi connectivity index (χ1) is 19.2. The van der Waals surface area contributed by atoms with E-state index in [1.807, 2.05) is 0 Å². The fraction of sp³-hybridized carbons (Fsp3) is 0.559. The van der Waals surface area contributed by atoms with Crippen LogP contribution in [0.1, 0.15) is 112 Å². The Labute approximate surface area is 232 Å². The highest BCUT2D eigenvalue weighted by molar-refractivity contribution is 5.88. The van der Waals surface area contributed by atoms with Gasteiger partial charge in [-0.1, -0.05) is 38.7 Å². The number of benzene rings is 2. The van der Waals surface area contributed by atoms with Crippen molar-refractivity contribution in [1.29, 1.82) is 5.26 Å². The molecule has 0 spiro atoms. The minimum Gasteiger partial charge on any atom is -0.327 e. The molecule has 4 aliphatic rings. The molecule has 2 saturated carbocycles. The number of nitriles is 1. The summed E-state index contributed by atoms with van der Waals surface area (Å²) in [5.41, 5.74) is 9.13. The molecule has 1 saturated heterocycles. The van der Waals surface area contributed by atoms with E-state index in [0.717, 1.165) is 54.5 Å². The topological polar surface area (TPSA) is 66.0 Å². The third-order valence-corrected chi connectivity index (χ3v) is 10.5. The zero-order chi connectivity index (χ0) is 26.3. The van der Waals surface area contributed by atoms with Crippen molar-refractivity contribution >= 4 is 22.9 Å². The Morgan fingerprint density at radius 1 is 1.03 bits per heavy atom. The average Bonchev–Trinajstić information content (AvgIpc) is 3.57. The van der Waals surface area contributed by atoms with Gasteiger partial charge in [-0.3, -0.25) is 4.99 Å². The summed E-state index contributed by atoms with van der Waals surface area (Å²) in [6.07, 6.45) is 17.5. The van der Waals surface area contributed by atoms with Gasteiger partial charge in [0.1, 0.15) is 6.07 Å². The number of rotatable bonds is 4. The van der Waals surface area contributed by atoms with Crippen LogP contribution in [-0.4, -0.2) is 28.9 Å². The monoisotopic (exact) mass is 519 g/mol. The predicted octanol–water partition coefficient (Wildman–Crippen LogP) is 8.17. The fourth-order valence-corrected chi connectivity index (χ4v) is 8.33. The van der Waals surface area contributed by atoms with E-state index >= 15 is 0 Å². The third kappa shape index (κ3) is 4.42. The highest BCUT2D eigenvalue weighted by Crippen LogP contribution is 2.49. The van der Waals surface area contributed by atoms with Gasteiger partial charge in [0.2, 0.25) is 0 Å². The molecule has 1 aromatic heterocycles. The minimum absolute atomic E-state index is 0.390. The summed E-state index contributed by atoms with van der Waals surface area (Å²) in [4.78, 5) is 9.84. The molecule has 3 aromatic rings. The maximum absolute atomic E-state index is 10.5. The van der Waals surface area contributed by atoms with Crippen LogP contribution in [0.4, 0.5) is 5.69 Å². The fourth-order valence-electron chi connectivity index (χ4n) is 8.33. The van der Waals surface area contributed by atoms with Crippen molar-refractivity contribution in [1.82, 2.24) is 14.9 Å². The lowest BCUT2D eigenvalue weighted by molar-refractivity contribution is 0.359. The van der Waals surface area contributed by atoms with Crippen LogP contribution in [0.5, 0.6) is 0 Å². The molecule has 3 fully saturated rings. The molecule has 1 N–H and O–H groups in total. The van der Waals surface area contributed by atoms with Crippen molar-refractivity contribution < 1.29 is 0 Å².